The van der Waals surface area contributed by atoms with E-state index in [1.54, 1.807) is 14.1 Å². The number of nitrogens with zero attached hydrogens (tertiary/aromatic N) is 3. The minimum absolute atomic E-state index is 0.273. The third-order valence-electron chi connectivity index (χ3n) is 2.84. The number of hydrogen-bond acceptors (Lipinski definition) is 3. The Morgan fingerprint density at radius 3 is 2.24 bits per heavy atom. The van der Waals surface area contributed by atoms with Crippen molar-refractivity contribution < 1.29 is 13.2 Å². The molecule has 1 heterocycles. The van der Waals surface area contributed by atoms with Crippen LogP contribution in [0.5, 0.6) is 0 Å². The van der Waals surface area contributed by atoms with Crippen molar-refractivity contribution in [3.8, 4) is 6.19 Å². The second kappa shape index (κ2) is 9.22. The highest BCUT2D eigenvalue weighted by Crippen LogP contribution is 2.28. The number of rotatable bonds is 4. The largest absolute Gasteiger partial charge is 0.433 e. The number of nitriles is 1. The van der Waals surface area contributed by atoms with Crippen molar-refractivity contribution in [2.45, 2.75) is 45.2 Å². The lowest BCUT2D eigenvalue weighted by Crippen LogP contribution is -2.08. The van der Waals surface area contributed by atoms with Gasteiger partial charge in [-0.05, 0) is 24.0 Å². The molecule has 21 heavy (non-hydrogen) atoms. The van der Waals surface area contributed by atoms with E-state index in [9.17, 15) is 13.2 Å². The SMILES string of the molecule is CCCCC(C)c1ccc(C(F)(F)F)nc1.CN(C)C#N. The van der Waals surface area contributed by atoms with Crippen LogP contribution in [0.1, 0.15) is 50.3 Å². The van der Waals surface area contributed by atoms with Crippen LogP contribution in [0.25, 0.3) is 0 Å². The van der Waals surface area contributed by atoms with Gasteiger partial charge in [0.25, 0.3) is 0 Å². The molecule has 0 saturated heterocycles. The monoisotopic (exact) mass is 301 g/mol. The maximum Gasteiger partial charge on any atom is 0.433 e. The van der Waals surface area contributed by atoms with E-state index in [2.05, 4.69) is 11.9 Å². The van der Waals surface area contributed by atoms with Crippen molar-refractivity contribution in [3.05, 3.63) is 29.6 Å². The first-order valence-electron chi connectivity index (χ1n) is 6.82. The summed E-state index contributed by atoms with van der Waals surface area (Å²) < 4.78 is 36.8. The molecule has 0 saturated carbocycles. The second-order valence-corrected chi connectivity index (χ2v) is 5.01. The summed E-state index contributed by atoms with van der Waals surface area (Å²) in [7, 11) is 3.39. The number of halogens is 3. The van der Waals surface area contributed by atoms with Crippen molar-refractivity contribution in [2.24, 2.45) is 0 Å². The Kier molecular flexibility index (Phi) is 8.44. The summed E-state index contributed by atoms with van der Waals surface area (Å²) in [5.74, 6) is 0.273. The summed E-state index contributed by atoms with van der Waals surface area (Å²) in [6.45, 7) is 4.11. The van der Waals surface area contributed by atoms with Gasteiger partial charge in [0, 0.05) is 20.3 Å². The molecule has 0 aliphatic carbocycles. The summed E-state index contributed by atoms with van der Waals surface area (Å²) in [5, 5.41) is 7.82. The van der Waals surface area contributed by atoms with Crippen molar-refractivity contribution in [2.75, 3.05) is 14.1 Å². The van der Waals surface area contributed by atoms with Gasteiger partial charge in [-0.25, -0.2) is 0 Å². The van der Waals surface area contributed by atoms with Gasteiger partial charge in [0.1, 0.15) is 5.69 Å². The van der Waals surface area contributed by atoms with Gasteiger partial charge in [-0.2, -0.15) is 18.4 Å². The molecule has 118 valence electrons. The van der Waals surface area contributed by atoms with Gasteiger partial charge in [-0.3, -0.25) is 4.98 Å². The predicted molar refractivity (Wildman–Crippen MR) is 76.5 cm³/mol. The van der Waals surface area contributed by atoms with Crippen LogP contribution in [0.15, 0.2) is 18.3 Å². The van der Waals surface area contributed by atoms with E-state index in [0.717, 1.165) is 30.9 Å². The summed E-state index contributed by atoms with van der Waals surface area (Å²) in [6.07, 6.45) is 2.03. The number of alkyl halides is 3. The first-order chi connectivity index (χ1) is 9.72. The molecule has 0 amide bonds. The van der Waals surface area contributed by atoms with Crippen LogP contribution >= 0.6 is 0 Å². The summed E-state index contributed by atoms with van der Waals surface area (Å²) in [4.78, 5) is 4.88. The molecule has 0 radical (unpaired) electrons. The van der Waals surface area contributed by atoms with E-state index in [1.807, 2.05) is 13.1 Å². The fourth-order valence-electron chi connectivity index (χ4n) is 1.54. The Hall–Kier alpha value is -1.77. The molecule has 0 spiro atoms. The summed E-state index contributed by atoms with van der Waals surface area (Å²) >= 11 is 0. The highest BCUT2D eigenvalue weighted by molar-refractivity contribution is 5.19. The van der Waals surface area contributed by atoms with Gasteiger partial charge >= 0.3 is 6.18 Å². The van der Waals surface area contributed by atoms with Crippen LogP contribution in [0.3, 0.4) is 0 Å². The van der Waals surface area contributed by atoms with E-state index >= 15 is 0 Å². The van der Waals surface area contributed by atoms with Gasteiger partial charge in [0.05, 0.1) is 0 Å². The van der Waals surface area contributed by atoms with Crippen LogP contribution in [0.2, 0.25) is 0 Å². The van der Waals surface area contributed by atoms with Crippen LogP contribution in [-0.2, 0) is 6.18 Å². The number of pyridine rings is 1. The van der Waals surface area contributed by atoms with E-state index in [1.165, 1.54) is 17.2 Å². The summed E-state index contributed by atoms with van der Waals surface area (Å²) in [5.41, 5.74) is 0.0559. The Balaban J connectivity index is 0.000000690. The van der Waals surface area contributed by atoms with Crippen LogP contribution < -0.4 is 0 Å². The van der Waals surface area contributed by atoms with Gasteiger partial charge < -0.3 is 4.90 Å². The molecule has 0 fully saturated rings. The summed E-state index contributed by atoms with van der Waals surface area (Å²) in [6, 6.07) is 2.58. The van der Waals surface area contributed by atoms with E-state index in [4.69, 9.17) is 5.26 Å². The first kappa shape index (κ1) is 19.2. The van der Waals surface area contributed by atoms with Crippen molar-refractivity contribution in [1.82, 2.24) is 9.88 Å². The smallest absolute Gasteiger partial charge is 0.317 e. The Morgan fingerprint density at radius 2 is 1.90 bits per heavy atom. The number of unbranched alkanes of at least 4 members (excludes halogenated alkanes) is 1. The van der Waals surface area contributed by atoms with Crippen molar-refractivity contribution in [3.63, 3.8) is 0 Å². The molecule has 0 aliphatic heterocycles. The minimum Gasteiger partial charge on any atom is -0.317 e. The fourth-order valence-corrected chi connectivity index (χ4v) is 1.54. The Labute approximate surface area is 124 Å². The average molecular weight is 301 g/mol. The fraction of sp³-hybridized carbons (Fsp3) is 0.600. The van der Waals surface area contributed by atoms with Crippen LogP contribution in [-0.4, -0.2) is 24.0 Å². The maximum absolute atomic E-state index is 12.3. The third-order valence-corrected chi connectivity index (χ3v) is 2.84. The second-order valence-electron chi connectivity index (χ2n) is 5.01. The molecule has 0 aromatic carbocycles. The van der Waals surface area contributed by atoms with Crippen molar-refractivity contribution >= 4 is 0 Å². The minimum atomic E-state index is -4.34. The third kappa shape index (κ3) is 8.18. The molecule has 0 bridgehead atoms. The topological polar surface area (TPSA) is 39.9 Å². The maximum atomic E-state index is 12.3. The quantitative estimate of drug-likeness (QED) is 0.610. The molecule has 1 atom stereocenters. The van der Waals surface area contributed by atoms with Crippen LogP contribution in [0, 0.1) is 11.5 Å². The van der Waals surface area contributed by atoms with Crippen molar-refractivity contribution in [1.29, 1.82) is 5.26 Å². The molecular weight excluding hydrogens is 279 g/mol. The lowest BCUT2D eigenvalue weighted by molar-refractivity contribution is -0.141. The number of aromatic nitrogens is 1. The van der Waals surface area contributed by atoms with E-state index in [-0.39, 0.29) is 5.92 Å². The molecule has 0 aliphatic rings. The zero-order valence-electron chi connectivity index (χ0n) is 12.9. The zero-order chi connectivity index (χ0) is 16.5. The normalized spacial score (nSPS) is 11.9. The van der Waals surface area contributed by atoms with E-state index < -0.39 is 11.9 Å². The molecule has 1 aromatic rings. The molecule has 0 N–H and O–H groups in total. The molecule has 1 unspecified atom stereocenters. The van der Waals surface area contributed by atoms with Gasteiger partial charge in [0.2, 0.25) is 0 Å². The highest BCUT2D eigenvalue weighted by atomic mass is 19.4. The van der Waals surface area contributed by atoms with Gasteiger partial charge in [-0.15, -0.1) is 0 Å². The molecule has 6 heteroatoms. The molecule has 3 nitrogen and oxygen atoms in total. The number of hydrogen-bond donors (Lipinski definition) is 0. The van der Waals surface area contributed by atoms with Gasteiger partial charge in [-0.1, -0.05) is 32.8 Å². The highest BCUT2D eigenvalue weighted by Gasteiger charge is 2.32. The Morgan fingerprint density at radius 1 is 1.33 bits per heavy atom. The van der Waals surface area contributed by atoms with E-state index in [0.29, 0.717) is 0 Å². The predicted octanol–water partition coefficient (Wildman–Crippen LogP) is 4.42. The molecule has 1 rings (SSSR count). The first-order valence-corrected chi connectivity index (χ1v) is 6.82. The molecule has 1 aromatic heterocycles. The lowest BCUT2D eigenvalue weighted by atomic mass is 9.97. The standard InChI is InChI=1S/C12H16F3N.C3H6N2/c1-3-4-5-9(2)10-6-7-11(16-8-10)12(13,14)15;1-5(2)3-4/h6-9H,3-5H2,1-2H3;1-2H3. The lowest BCUT2D eigenvalue weighted by Gasteiger charge is -2.12. The van der Waals surface area contributed by atoms with Gasteiger partial charge in [0.15, 0.2) is 6.19 Å². The zero-order valence-corrected chi connectivity index (χ0v) is 12.9. The van der Waals surface area contributed by atoms with Crippen LogP contribution in [0.4, 0.5) is 13.2 Å². The molecular formula is C15H22F3N3. The average Bonchev–Trinajstić information content (AvgIpc) is 2.44. The Bertz CT molecular complexity index is 433.